The number of carbonyl (C=O) groups excluding carboxylic acids is 3. The molecule has 3 aromatic carbocycles. The van der Waals surface area contributed by atoms with Gasteiger partial charge in [-0.15, -0.1) is 0 Å². The molecule has 7 nitrogen and oxygen atoms in total. The average molecular weight is 476 g/mol. The lowest BCUT2D eigenvalue weighted by Crippen LogP contribution is -2.33. The topological polar surface area (TPSA) is 87.7 Å². The molecule has 0 unspecified atom stereocenters. The van der Waals surface area contributed by atoms with Crippen molar-refractivity contribution in [2.75, 3.05) is 22.6 Å². The summed E-state index contributed by atoms with van der Waals surface area (Å²) in [7, 11) is 1.52. The molecule has 0 fully saturated rings. The number of amides is 3. The molecular weight excluding hydrogens is 454 g/mol. The molecule has 0 aromatic heterocycles. The number of nitrogens with one attached hydrogen (secondary N) is 2. The van der Waals surface area contributed by atoms with Gasteiger partial charge in [0.15, 0.2) is 0 Å². The van der Waals surface area contributed by atoms with Crippen LogP contribution in [0.25, 0.3) is 0 Å². The van der Waals surface area contributed by atoms with Crippen LogP contribution in [0, 0.1) is 13.8 Å². The van der Waals surface area contributed by atoms with Crippen LogP contribution in [-0.4, -0.2) is 24.8 Å². The van der Waals surface area contributed by atoms with Gasteiger partial charge in [0.05, 0.1) is 18.5 Å². The second-order valence-electron chi connectivity index (χ2n) is 7.71. The minimum absolute atomic E-state index is 0.0464. The minimum atomic E-state index is -0.604. The molecule has 1 heterocycles. The van der Waals surface area contributed by atoms with E-state index in [1.54, 1.807) is 60.7 Å². The highest BCUT2D eigenvalue weighted by Crippen LogP contribution is 2.33. The molecule has 172 valence electrons. The van der Waals surface area contributed by atoms with Gasteiger partial charge in [0.1, 0.15) is 16.5 Å². The zero-order chi connectivity index (χ0) is 24.4. The maximum Gasteiger partial charge on any atom is 0.283 e. The lowest BCUT2D eigenvalue weighted by molar-refractivity contribution is -0.120. The van der Waals surface area contributed by atoms with Crippen LogP contribution >= 0.6 is 11.6 Å². The van der Waals surface area contributed by atoms with Crippen LogP contribution < -0.4 is 20.3 Å². The molecule has 0 bridgehead atoms. The van der Waals surface area contributed by atoms with Crippen molar-refractivity contribution in [1.29, 1.82) is 0 Å². The third-order valence-corrected chi connectivity index (χ3v) is 5.94. The van der Waals surface area contributed by atoms with Gasteiger partial charge in [0, 0.05) is 11.3 Å². The summed E-state index contributed by atoms with van der Waals surface area (Å²) in [6.07, 6.45) is 0. The van der Waals surface area contributed by atoms with Crippen molar-refractivity contribution >= 4 is 46.4 Å². The van der Waals surface area contributed by atoms with E-state index >= 15 is 0 Å². The van der Waals surface area contributed by atoms with Crippen molar-refractivity contribution in [1.82, 2.24) is 0 Å². The van der Waals surface area contributed by atoms with E-state index in [2.05, 4.69) is 10.6 Å². The molecule has 0 saturated heterocycles. The van der Waals surface area contributed by atoms with E-state index in [4.69, 9.17) is 16.3 Å². The Labute approximate surface area is 202 Å². The number of benzene rings is 3. The lowest BCUT2D eigenvalue weighted by atomic mass is 10.1. The number of aryl methyl sites for hydroxylation is 1. The number of nitrogens with zero attached hydrogens (tertiary/aromatic N) is 1. The van der Waals surface area contributed by atoms with Gasteiger partial charge in [-0.3, -0.25) is 14.4 Å². The molecule has 3 amide bonds. The fourth-order valence-electron chi connectivity index (χ4n) is 3.63. The van der Waals surface area contributed by atoms with E-state index < -0.39 is 11.8 Å². The summed E-state index contributed by atoms with van der Waals surface area (Å²) >= 11 is 6.27. The summed E-state index contributed by atoms with van der Waals surface area (Å²) in [5.74, 6) is -0.997. The first-order valence-electron chi connectivity index (χ1n) is 10.5. The Morgan fingerprint density at radius 3 is 2.44 bits per heavy atom. The highest BCUT2D eigenvalue weighted by molar-refractivity contribution is 6.53. The Hall–Kier alpha value is -4.10. The van der Waals surface area contributed by atoms with E-state index in [1.165, 1.54) is 7.11 Å². The number of rotatable bonds is 6. The monoisotopic (exact) mass is 475 g/mol. The maximum absolute atomic E-state index is 13.1. The highest BCUT2D eigenvalue weighted by Gasteiger charge is 2.39. The van der Waals surface area contributed by atoms with Crippen LogP contribution in [0.4, 0.5) is 17.1 Å². The first-order chi connectivity index (χ1) is 16.3. The first-order valence-corrected chi connectivity index (χ1v) is 10.9. The lowest BCUT2D eigenvalue weighted by Gasteiger charge is -2.18. The van der Waals surface area contributed by atoms with Gasteiger partial charge in [-0.1, -0.05) is 41.9 Å². The molecule has 8 heteroatoms. The van der Waals surface area contributed by atoms with Crippen molar-refractivity contribution in [2.24, 2.45) is 0 Å². The zero-order valence-corrected chi connectivity index (χ0v) is 19.6. The summed E-state index contributed by atoms with van der Waals surface area (Å²) in [5.41, 5.74) is 3.50. The van der Waals surface area contributed by atoms with Gasteiger partial charge in [0.25, 0.3) is 17.7 Å². The molecule has 0 atom stereocenters. The van der Waals surface area contributed by atoms with Gasteiger partial charge in [-0.2, -0.15) is 0 Å². The summed E-state index contributed by atoms with van der Waals surface area (Å²) in [4.78, 5) is 39.8. The molecule has 1 aliphatic heterocycles. The predicted octanol–water partition coefficient (Wildman–Crippen LogP) is 5.00. The number of halogens is 1. The Kier molecular flexibility index (Phi) is 6.38. The third-order valence-electron chi connectivity index (χ3n) is 5.59. The van der Waals surface area contributed by atoms with Crippen LogP contribution in [0.1, 0.15) is 21.5 Å². The van der Waals surface area contributed by atoms with E-state index in [1.807, 2.05) is 19.9 Å². The number of anilines is 3. The van der Waals surface area contributed by atoms with Gasteiger partial charge < -0.3 is 15.4 Å². The number of imide groups is 1. The van der Waals surface area contributed by atoms with Crippen LogP contribution in [-0.2, 0) is 9.59 Å². The summed E-state index contributed by atoms with van der Waals surface area (Å²) in [6, 6.07) is 19.0. The number of carbonyl (C=O) groups is 3. The van der Waals surface area contributed by atoms with Crippen molar-refractivity contribution in [2.45, 2.75) is 13.8 Å². The van der Waals surface area contributed by atoms with E-state index in [-0.39, 0.29) is 16.6 Å². The quantitative estimate of drug-likeness (QED) is 0.490. The minimum Gasteiger partial charge on any atom is -0.495 e. The standard InChI is InChI=1S/C26H22ClN3O4/c1-15-8-6-12-20(16(15)2)30-25(32)22(27)23(26(30)33)28-18-10-7-9-17(14-18)24(31)29-19-11-4-5-13-21(19)34-3/h4-14,28H,1-3H3,(H,29,31). The van der Waals surface area contributed by atoms with Crippen molar-refractivity contribution < 1.29 is 19.1 Å². The van der Waals surface area contributed by atoms with Gasteiger partial charge >= 0.3 is 0 Å². The van der Waals surface area contributed by atoms with Crippen LogP contribution in [0.5, 0.6) is 5.75 Å². The Balaban J connectivity index is 1.57. The number of para-hydroxylation sites is 2. The van der Waals surface area contributed by atoms with Crippen LogP contribution in [0.15, 0.2) is 77.5 Å². The largest absolute Gasteiger partial charge is 0.495 e. The number of hydrogen-bond donors (Lipinski definition) is 2. The molecule has 3 aromatic rings. The number of ether oxygens (including phenoxy) is 1. The third kappa shape index (κ3) is 4.25. The molecule has 4 rings (SSSR count). The van der Waals surface area contributed by atoms with E-state index in [9.17, 15) is 14.4 Å². The van der Waals surface area contributed by atoms with Crippen molar-refractivity contribution in [3.63, 3.8) is 0 Å². The van der Waals surface area contributed by atoms with Crippen LogP contribution in [0.3, 0.4) is 0 Å². The smallest absolute Gasteiger partial charge is 0.283 e. The van der Waals surface area contributed by atoms with E-state index in [0.29, 0.717) is 28.4 Å². The molecule has 0 spiro atoms. The van der Waals surface area contributed by atoms with Crippen molar-refractivity contribution in [3.8, 4) is 5.75 Å². The van der Waals surface area contributed by atoms with Gasteiger partial charge in [0.2, 0.25) is 0 Å². The fraction of sp³-hybridized carbons (Fsp3) is 0.115. The fourth-order valence-corrected chi connectivity index (χ4v) is 3.85. The average Bonchev–Trinajstić information content (AvgIpc) is 3.04. The highest BCUT2D eigenvalue weighted by atomic mass is 35.5. The zero-order valence-electron chi connectivity index (χ0n) is 18.8. The molecule has 1 aliphatic rings. The number of methoxy groups -OCH3 is 1. The number of hydrogen-bond acceptors (Lipinski definition) is 5. The van der Waals surface area contributed by atoms with Gasteiger partial charge in [-0.05, 0) is 61.4 Å². The second kappa shape index (κ2) is 9.41. The van der Waals surface area contributed by atoms with Crippen molar-refractivity contribution in [3.05, 3.63) is 94.1 Å². The summed E-state index contributed by atoms with van der Waals surface area (Å²) in [5, 5.41) is 5.51. The maximum atomic E-state index is 13.1. The molecule has 2 N–H and O–H groups in total. The predicted molar refractivity (Wildman–Crippen MR) is 132 cm³/mol. The molecule has 0 radical (unpaired) electrons. The SMILES string of the molecule is COc1ccccc1NC(=O)c1cccc(NC2=C(Cl)C(=O)N(c3cccc(C)c3C)C2=O)c1. The van der Waals surface area contributed by atoms with Gasteiger partial charge in [-0.25, -0.2) is 4.90 Å². The second-order valence-corrected chi connectivity index (χ2v) is 8.09. The molecular formula is C26H22ClN3O4. The molecule has 34 heavy (non-hydrogen) atoms. The van der Waals surface area contributed by atoms with E-state index in [0.717, 1.165) is 16.0 Å². The summed E-state index contributed by atoms with van der Waals surface area (Å²) in [6.45, 7) is 3.74. The Morgan fingerprint density at radius 1 is 0.941 bits per heavy atom. The Bertz CT molecular complexity index is 1350. The first kappa shape index (κ1) is 23.1. The normalized spacial score (nSPS) is 13.4. The molecule has 0 saturated carbocycles. The Morgan fingerprint density at radius 2 is 1.68 bits per heavy atom. The summed E-state index contributed by atoms with van der Waals surface area (Å²) < 4.78 is 5.27. The molecule has 0 aliphatic carbocycles. The van der Waals surface area contributed by atoms with Crippen LogP contribution in [0.2, 0.25) is 0 Å².